The van der Waals surface area contributed by atoms with Crippen LogP contribution < -0.4 is 10.6 Å². The SMILES string of the molecule is Cc1cc(Cl)ccc1NCc1ccc(CN(C=O)C(C(=O)NC(C)(C)C)c2c(C(=O)O)[nH]c3cc(Cl)ccc23)cc1. The van der Waals surface area contributed by atoms with Gasteiger partial charge in [0.2, 0.25) is 12.3 Å². The van der Waals surface area contributed by atoms with Gasteiger partial charge in [-0.05, 0) is 74.7 Å². The first-order chi connectivity index (χ1) is 19.4. The van der Waals surface area contributed by atoms with Crippen LogP contribution in [0, 0.1) is 6.92 Å². The lowest BCUT2D eigenvalue weighted by molar-refractivity contribution is -0.134. The first kappa shape index (κ1) is 30.0. The van der Waals surface area contributed by atoms with Gasteiger partial charge in [0.1, 0.15) is 11.7 Å². The van der Waals surface area contributed by atoms with Gasteiger partial charge in [-0.25, -0.2) is 4.79 Å². The van der Waals surface area contributed by atoms with Crippen molar-refractivity contribution in [3.05, 3.63) is 98.7 Å². The Labute approximate surface area is 248 Å². The maximum Gasteiger partial charge on any atom is 0.352 e. The van der Waals surface area contributed by atoms with Crippen molar-refractivity contribution in [2.24, 2.45) is 0 Å². The van der Waals surface area contributed by atoms with Crippen molar-refractivity contribution in [2.45, 2.75) is 52.4 Å². The Morgan fingerprint density at radius 3 is 2.24 bits per heavy atom. The number of nitrogens with zero attached hydrogens (tertiary/aromatic N) is 1. The number of carboxylic acids is 1. The van der Waals surface area contributed by atoms with E-state index in [-0.39, 0.29) is 17.8 Å². The molecule has 214 valence electrons. The van der Waals surface area contributed by atoms with Crippen molar-refractivity contribution in [2.75, 3.05) is 5.32 Å². The predicted octanol–water partition coefficient (Wildman–Crippen LogP) is 6.71. The molecule has 0 saturated carbocycles. The zero-order valence-electron chi connectivity index (χ0n) is 23.2. The lowest BCUT2D eigenvalue weighted by Gasteiger charge is -2.31. The monoisotopic (exact) mass is 594 g/mol. The van der Waals surface area contributed by atoms with Crippen LogP contribution >= 0.6 is 23.2 Å². The van der Waals surface area contributed by atoms with Gasteiger partial charge >= 0.3 is 5.97 Å². The van der Waals surface area contributed by atoms with Gasteiger partial charge in [0.05, 0.1) is 0 Å². The van der Waals surface area contributed by atoms with Crippen LogP contribution in [0.25, 0.3) is 10.9 Å². The summed E-state index contributed by atoms with van der Waals surface area (Å²) in [6.45, 7) is 8.09. The molecule has 1 atom stereocenters. The van der Waals surface area contributed by atoms with Crippen molar-refractivity contribution < 1.29 is 19.5 Å². The highest BCUT2D eigenvalue weighted by Gasteiger charge is 2.35. The Bertz CT molecular complexity index is 1590. The number of nitrogens with one attached hydrogen (secondary N) is 3. The van der Waals surface area contributed by atoms with Gasteiger partial charge in [0.15, 0.2) is 0 Å². The molecule has 41 heavy (non-hydrogen) atoms. The normalized spacial score (nSPS) is 12.1. The van der Waals surface area contributed by atoms with E-state index in [1.807, 2.05) is 70.2 Å². The van der Waals surface area contributed by atoms with E-state index in [1.54, 1.807) is 18.2 Å². The number of fused-ring (bicyclic) bond motifs is 1. The number of anilines is 1. The molecule has 0 fully saturated rings. The van der Waals surface area contributed by atoms with Crippen LogP contribution in [0.4, 0.5) is 5.69 Å². The topological polar surface area (TPSA) is 115 Å². The van der Waals surface area contributed by atoms with Gasteiger partial charge in [0, 0.05) is 50.8 Å². The highest BCUT2D eigenvalue weighted by molar-refractivity contribution is 6.31. The zero-order chi connectivity index (χ0) is 29.9. The number of carboxylic acid groups (broad SMARTS) is 1. The summed E-state index contributed by atoms with van der Waals surface area (Å²) in [6, 6.07) is 17.0. The molecule has 4 aromatic rings. The first-order valence-electron chi connectivity index (χ1n) is 13.0. The van der Waals surface area contributed by atoms with Crippen LogP contribution in [0.3, 0.4) is 0 Å². The number of aryl methyl sites for hydroxylation is 1. The maximum absolute atomic E-state index is 13.7. The molecule has 1 heterocycles. The molecule has 0 aliphatic heterocycles. The standard InChI is InChI=1S/C31H32Cl2N4O4/c1-18-13-21(32)10-12-24(18)34-15-19-5-7-20(8-6-19)16-37(17-38)28(29(39)36-31(2,3)4)26-23-11-9-22(33)14-25(23)35-27(26)30(40)41/h5-14,17,28,34-35H,15-16H2,1-4H3,(H,36,39)(H,40,41). The molecule has 8 nitrogen and oxygen atoms in total. The van der Waals surface area contributed by atoms with Gasteiger partial charge in [-0.3, -0.25) is 9.59 Å². The van der Waals surface area contributed by atoms with Crippen LogP contribution in [0.15, 0.2) is 60.7 Å². The van der Waals surface area contributed by atoms with E-state index < -0.39 is 23.5 Å². The highest BCUT2D eigenvalue weighted by atomic mass is 35.5. The van der Waals surface area contributed by atoms with Gasteiger partial charge < -0.3 is 25.6 Å². The number of rotatable bonds is 10. The summed E-state index contributed by atoms with van der Waals surface area (Å²) in [4.78, 5) is 42.7. The number of carbonyl (C=O) groups excluding carboxylic acids is 2. The fourth-order valence-electron chi connectivity index (χ4n) is 4.72. The van der Waals surface area contributed by atoms with E-state index >= 15 is 0 Å². The summed E-state index contributed by atoms with van der Waals surface area (Å²) < 4.78 is 0. The molecule has 2 amide bonds. The molecular formula is C31H32Cl2N4O4. The second kappa shape index (κ2) is 12.2. The molecule has 4 N–H and O–H groups in total. The number of hydrogen-bond acceptors (Lipinski definition) is 4. The van der Waals surface area contributed by atoms with Crippen LogP contribution in [0.5, 0.6) is 0 Å². The van der Waals surface area contributed by atoms with Crippen molar-refractivity contribution >= 4 is 58.1 Å². The highest BCUT2D eigenvalue weighted by Crippen LogP contribution is 2.34. The molecule has 0 aliphatic carbocycles. The minimum absolute atomic E-state index is 0.0784. The van der Waals surface area contributed by atoms with Gasteiger partial charge in [0.25, 0.3) is 0 Å². The van der Waals surface area contributed by atoms with Crippen LogP contribution in [0.2, 0.25) is 10.0 Å². The summed E-state index contributed by atoms with van der Waals surface area (Å²) >= 11 is 12.2. The minimum atomic E-state index is -1.25. The molecule has 4 rings (SSSR count). The van der Waals surface area contributed by atoms with Crippen LogP contribution in [-0.2, 0) is 22.7 Å². The number of hydrogen-bond donors (Lipinski definition) is 4. The molecule has 0 radical (unpaired) electrons. The van der Waals surface area contributed by atoms with E-state index in [4.69, 9.17) is 23.2 Å². The molecule has 3 aromatic carbocycles. The quantitative estimate of drug-likeness (QED) is 0.152. The predicted molar refractivity (Wildman–Crippen MR) is 162 cm³/mol. The molecule has 1 aromatic heterocycles. The van der Waals surface area contributed by atoms with E-state index in [1.165, 1.54) is 4.90 Å². The lowest BCUT2D eigenvalue weighted by atomic mass is 9.98. The lowest BCUT2D eigenvalue weighted by Crippen LogP contribution is -2.47. The number of aromatic carboxylic acids is 1. The second-order valence-corrected chi connectivity index (χ2v) is 11.8. The second-order valence-electron chi connectivity index (χ2n) is 11.0. The summed E-state index contributed by atoms with van der Waals surface area (Å²) in [5, 5.41) is 17.9. The Kier molecular flexibility index (Phi) is 8.95. The number of benzene rings is 3. The van der Waals surface area contributed by atoms with E-state index in [2.05, 4.69) is 15.6 Å². The molecule has 1 unspecified atom stereocenters. The molecule has 0 bridgehead atoms. The molecule has 0 spiro atoms. The van der Waals surface area contributed by atoms with Gasteiger partial charge in [-0.1, -0.05) is 53.5 Å². The smallest absolute Gasteiger partial charge is 0.352 e. The Balaban J connectivity index is 1.65. The maximum atomic E-state index is 13.7. The number of aromatic nitrogens is 1. The summed E-state index contributed by atoms with van der Waals surface area (Å²) in [7, 11) is 0. The Hall–Kier alpha value is -4.01. The fraction of sp³-hybridized carbons (Fsp3) is 0.258. The summed E-state index contributed by atoms with van der Waals surface area (Å²) in [5.74, 6) is -1.75. The van der Waals surface area contributed by atoms with Crippen molar-refractivity contribution in [3.8, 4) is 0 Å². The van der Waals surface area contributed by atoms with E-state index in [0.717, 1.165) is 22.4 Å². The first-order valence-corrected chi connectivity index (χ1v) is 13.8. The van der Waals surface area contributed by atoms with Crippen LogP contribution in [0.1, 0.15) is 59.6 Å². The number of amides is 2. The van der Waals surface area contributed by atoms with Crippen molar-refractivity contribution in [1.29, 1.82) is 0 Å². The number of halogens is 2. The van der Waals surface area contributed by atoms with Crippen molar-refractivity contribution in [3.63, 3.8) is 0 Å². The molecule has 10 heteroatoms. The fourth-order valence-corrected chi connectivity index (χ4v) is 5.11. The number of aromatic amines is 1. The third-order valence-corrected chi connectivity index (χ3v) is 7.03. The Morgan fingerprint density at radius 2 is 1.63 bits per heavy atom. The van der Waals surface area contributed by atoms with E-state index in [0.29, 0.717) is 33.9 Å². The molecule has 0 aliphatic rings. The number of carbonyl (C=O) groups is 3. The molecular weight excluding hydrogens is 563 g/mol. The summed E-state index contributed by atoms with van der Waals surface area (Å²) in [6.07, 6.45) is 0.575. The third-order valence-electron chi connectivity index (χ3n) is 6.56. The van der Waals surface area contributed by atoms with Gasteiger partial charge in [-0.15, -0.1) is 0 Å². The van der Waals surface area contributed by atoms with E-state index in [9.17, 15) is 19.5 Å². The van der Waals surface area contributed by atoms with Crippen LogP contribution in [-0.4, -0.2) is 38.8 Å². The largest absolute Gasteiger partial charge is 0.477 e. The summed E-state index contributed by atoms with van der Waals surface area (Å²) in [5.41, 5.74) is 3.65. The third kappa shape index (κ3) is 7.20. The molecule has 0 saturated heterocycles. The zero-order valence-corrected chi connectivity index (χ0v) is 24.7. The average molecular weight is 596 g/mol. The van der Waals surface area contributed by atoms with Crippen molar-refractivity contribution in [1.82, 2.24) is 15.2 Å². The average Bonchev–Trinajstić information content (AvgIpc) is 3.26. The minimum Gasteiger partial charge on any atom is -0.477 e. The van der Waals surface area contributed by atoms with Gasteiger partial charge in [-0.2, -0.15) is 0 Å². The number of H-pyrrole nitrogens is 1. The Morgan fingerprint density at radius 1 is 1.00 bits per heavy atom.